The zero-order valence-electron chi connectivity index (χ0n) is 14.1. The maximum atomic E-state index is 12.4. The molecule has 3 fully saturated rings. The van der Waals surface area contributed by atoms with Crippen molar-refractivity contribution in [1.82, 2.24) is 19.8 Å². The Labute approximate surface area is 142 Å². The van der Waals surface area contributed by atoms with E-state index in [1.165, 1.54) is 0 Å². The highest BCUT2D eigenvalue weighted by atomic mass is 16.5. The summed E-state index contributed by atoms with van der Waals surface area (Å²) in [7, 11) is 0. The quantitative estimate of drug-likeness (QED) is 0.890. The van der Waals surface area contributed by atoms with E-state index in [-0.39, 0.29) is 5.91 Å². The number of rotatable bonds is 3. The van der Waals surface area contributed by atoms with Gasteiger partial charge in [0.2, 0.25) is 0 Å². The summed E-state index contributed by atoms with van der Waals surface area (Å²) in [4.78, 5) is 25.5. The molecule has 3 aliphatic heterocycles. The third-order valence-electron chi connectivity index (χ3n) is 5.19. The number of nitrogens with zero attached hydrogens (tertiary/aromatic N) is 4. The van der Waals surface area contributed by atoms with Crippen molar-refractivity contribution in [2.45, 2.75) is 44.4 Å². The highest BCUT2D eigenvalue weighted by Crippen LogP contribution is 2.25. The van der Waals surface area contributed by atoms with E-state index in [0.717, 1.165) is 52.0 Å². The summed E-state index contributed by atoms with van der Waals surface area (Å²) in [6, 6.07) is 0.816. The van der Waals surface area contributed by atoms with Gasteiger partial charge in [0.25, 0.3) is 5.91 Å². The van der Waals surface area contributed by atoms with Gasteiger partial charge in [-0.1, -0.05) is 0 Å². The van der Waals surface area contributed by atoms with Crippen LogP contribution in [0.4, 0.5) is 5.82 Å². The summed E-state index contributed by atoms with van der Waals surface area (Å²) >= 11 is 0. The zero-order valence-corrected chi connectivity index (χ0v) is 14.1. The molecule has 1 aromatic rings. The first-order chi connectivity index (χ1) is 11.7. The number of anilines is 1. The minimum absolute atomic E-state index is 0.00489. The van der Waals surface area contributed by atoms with Gasteiger partial charge in [-0.3, -0.25) is 14.7 Å². The molecule has 0 radical (unpaired) electrons. The zero-order chi connectivity index (χ0) is 16.5. The van der Waals surface area contributed by atoms with E-state index in [2.05, 4.69) is 27.1 Å². The highest BCUT2D eigenvalue weighted by Gasteiger charge is 2.36. The van der Waals surface area contributed by atoms with Crippen molar-refractivity contribution in [3.63, 3.8) is 0 Å². The summed E-state index contributed by atoms with van der Waals surface area (Å²) in [5.41, 5.74) is 0.439. The van der Waals surface area contributed by atoms with E-state index < -0.39 is 0 Å². The smallest absolute Gasteiger partial charge is 0.274 e. The van der Waals surface area contributed by atoms with Gasteiger partial charge in [0.05, 0.1) is 25.1 Å². The Balaban J connectivity index is 1.40. The van der Waals surface area contributed by atoms with Crippen LogP contribution in [-0.2, 0) is 4.74 Å². The number of carbonyl (C=O) groups is 1. The van der Waals surface area contributed by atoms with Crippen LogP contribution in [0.1, 0.15) is 36.7 Å². The van der Waals surface area contributed by atoms with Gasteiger partial charge >= 0.3 is 0 Å². The van der Waals surface area contributed by atoms with E-state index in [1.54, 1.807) is 12.4 Å². The lowest BCUT2D eigenvalue weighted by Gasteiger charge is -2.33. The number of carbonyl (C=O) groups excluding carboxylic acids is 1. The van der Waals surface area contributed by atoms with Gasteiger partial charge in [-0.2, -0.15) is 0 Å². The minimum atomic E-state index is -0.00489. The molecule has 0 saturated carbocycles. The second kappa shape index (κ2) is 6.64. The topological polar surface area (TPSA) is 70.6 Å². The van der Waals surface area contributed by atoms with Crippen LogP contribution in [0.15, 0.2) is 12.4 Å². The van der Waals surface area contributed by atoms with Crippen LogP contribution in [-0.4, -0.2) is 76.6 Å². The molecule has 24 heavy (non-hydrogen) atoms. The molecule has 130 valence electrons. The third kappa shape index (κ3) is 3.23. The molecule has 0 unspecified atom stereocenters. The van der Waals surface area contributed by atoms with Gasteiger partial charge in [-0.25, -0.2) is 4.98 Å². The maximum Gasteiger partial charge on any atom is 0.274 e. The van der Waals surface area contributed by atoms with Gasteiger partial charge in [-0.05, 0) is 26.2 Å². The standard InChI is InChI=1S/C17H25N5O2/c1-12-9-22-10-13(6-14(22)11-24-12)19-16-8-18-7-15(20-16)17(23)21-4-2-3-5-21/h7-8,12-14H,2-6,9-11H2,1H3,(H,19,20)/t12-,13-,14+/m1/s1. The van der Waals surface area contributed by atoms with Crippen molar-refractivity contribution in [2.24, 2.45) is 0 Å². The van der Waals surface area contributed by atoms with Crippen LogP contribution in [0, 0.1) is 0 Å². The van der Waals surface area contributed by atoms with Gasteiger partial charge in [-0.15, -0.1) is 0 Å². The Bertz CT molecular complexity index is 604. The molecular formula is C17H25N5O2. The Morgan fingerprint density at radius 1 is 1.29 bits per heavy atom. The number of likely N-dealkylation sites (tertiary alicyclic amines) is 1. The first kappa shape index (κ1) is 15.8. The van der Waals surface area contributed by atoms with E-state index in [4.69, 9.17) is 4.74 Å². The number of hydrogen-bond donors (Lipinski definition) is 1. The molecule has 1 N–H and O–H groups in total. The Morgan fingerprint density at radius 3 is 2.96 bits per heavy atom. The molecule has 3 atom stereocenters. The normalized spacial score (nSPS) is 30.4. The number of aromatic nitrogens is 2. The molecule has 7 nitrogen and oxygen atoms in total. The largest absolute Gasteiger partial charge is 0.376 e. The van der Waals surface area contributed by atoms with Crippen LogP contribution in [0.3, 0.4) is 0 Å². The minimum Gasteiger partial charge on any atom is -0.376 e. The number of ether oxygens (including phenoxy) is 1. The molecule has 1 amide bonds. The summed E-state index contributed by atoms with van der Waals surface area (Å²) in [5, 5.41) is 3.46. The highest BCUT2D eigenvalue weighted by molar-refractivity contribution is 5.92. The molecule has 0 aliphatic carbocycles. The maximum absolute atomic E-state index is 12.4. The fraction of sp³-hybridized carbons (Fsp3) is 0.706. The van der Waals surface area contributed by atoms with Crippen molar-refractivity contribution in [1.29, 1.82) is 0 Å². The molecule has 7 heteroatoms. The van der Waals surface area contributed by atoms with E-state index in [1.807, 2.05) is 4.90 Å². The molecule has 0 aromatic carbocycles. The monoisotopic (exact) mass is 331 g/mol. The molecule has 0 bridgehead atoms. The second-order valence-corrected chi connectivity index (χ2v) is 7.12. The first-order valence-electron chi connectivity index (χ1n) is 8.92. The fourth-order valence-electron chi connectivity index (χ4n) is 3.97. The fourth-order valence-corrected chi connectivity index (χ4v) is 3.97. The summed E-state index contributed by atoms with van der Waals surface area (Å²) in [6.07, 6.45) is 6.78. The van der Waals surface area contributed by atoms with Gasteiger partial charge in [0.1, 0.15) is 11.5 Å². The molecule has 4 rings (SSSR count). The van der Waals surface area contributed by atoms with Crippen molar-refractivity contribution in [2.75, 3.05) is 38.1 Å². The van der Waals surface area contributed by atoms with Crippen molar-refractivity contribution in [3.05, 3.63) is 18.1 Å². The van der Waals surface area contributed by atoms with E-state index in [9.17, 15) is 4.79 Å². The van der Waals surface area contributed by atoms with Crippen LogP contribution in [0.25, 0.3) is 0 Å². The molecule has 1 aromatic heterocycles. The van der Waals surface area contributed by atoms with Gasteiger partial charge in [0, 0.05) is 38.3 Å². The second-order valence-electron chi connectivity index (χ2n) is 7.12. The first-order valence-corrected chi connectivity index (χ1v) is 8.92. The summed E-state index contributed by atoms with van der Waals surface area (Å²) in [6.45, 7) is 6.56. The van der Waals surface area contributed by atoms with Crippen molar-refractivity contribution in [3.8, 4) is 0 Å². The number of fused-ring (bicyclic) bond motifs is 1. The van der Waals surface area contributed by atoms with E-state index in [0.29, 0.717) is 29.7 Å². The third-order valence-corrected chi connectivity index (χ3v) is 5.19. The van der Waals surface area contributed by atoms with Crippen molar-refractivity contribution < 1.29 is 9.53 Å². The van der Waals surface area contributed by atoms with E-state index >= 15 is 0 Å². The SMILES string of the molecule is C[C@@H]1CN2C[C@H](Nc3cncc(C(=O)N4CCCC4)n3)C[C@H]2CO1. The van der Waals surface area contributed by atoms with Crippen LogP contribution >= 0.6 is 0 Å². The number of nitrogens with one attached hydrogen (secondary N) is 1. The molecule has 4 heterocycles. The number of amides is 1. The van der Waals surface area contributed by atoms with Crippen molar-refractivity contribution >= 4 is 11.7 Å². The lowest BCUT2D eigenvalue weighted by molar-refractivity contribution is -0.0390. The predicted molar refractivity (Wildman–Crippen MR) is 90.0 cm³/mol. The van der Waals surface area contributed by atoms with Gasteiger partial charge in [0.15, 0.2) is 0 Å². The number of morpholine rings is 1. The molecule has 3 saturated heterocycles. The van der Waals surface area contributed by atoms with Crippen LogP contribution in [0.2, 0.25) is 0 Å². The number of hydrogen-bond acceptors (Lipinski definition) is 6. The van der Waals surface area contributed by atoms with Gasteiger partial charge < -0.3 is 15.0 Å². The Hall–Kier alpha value is -1.73. The molecule has 0 spiro atoms. The average Bonchev–Trinajstić information content (AvgIpc) is 3.23. The Kier molecular flexibility index (Phi) is 4.37. The van der Waals surface area contributed by atoms with Crippen LogP contribution in [0.5, 0.6) is 0 Å². The lowest BCUT2D eigenvalue weighted by atomic mass is 10.1. The molecular weight excluding hydrogens is 306 g/mol. The van der Waals surface area contributed by atoms with Crippen LogP contribution < -0.4 is 5.32 Å². The predicted octanol–water partition coefficient (Wildman–Crippen LogP) is 0.986. The molecule has 3 aliphatic rings. The average molecular weight is 331 g/mol. The summed E-state index contributed by atoms with van der Waals surface area (Å²) < 4.78 is 5.75. The Morgan fingerprint density at radius 2 is 2.12 bits per heavy atom. The lowest BCUT2D eigenvalue weighted by Crippen LogP contribution is -2.45. The summed E-state index contributed by atoms with van der Waals surface area (Å²) in [5.74, 6) is 0.688.